The molecule has 1 aliphatic rings. The normalized spacial score (nSPS) is 13.6. The lowest BCUT2D eigenvalue weighted by Gasteiger charge is -2.18. The van der Waals surface area contributed by atoms with Crippen molar-refractivity contribution >= 4 is 17.3 Å². The highest BCUT2D eigenvalue weighted by Gasteiger charge is 2.23. The second-order valence-corrected chi connectivity index (χ2v) is 6.39. The highest BCUT2D eigenvalue weighted by molar-refractivity contribution is 5.84. The zero-order valence-corrected chi connectivity index (χ0v) is 15.5. The number of likely N-dealkylation sites (tertiary alicyclic amines) is 1. The van der Waals surface area contributed by atoms with E-state index < -0.39 is 10.9 Å². The molecule has 0 unspecified atom stereocenters. The maximum absolute atomic E-state index is 12.1. The molecular weight excluding hydrogens is 350 g/mol. The number of hydrogen-bond acceptors (Lipinski definition) is 7. The highest BCUT2D eigenvalue weighted by Crippen LogP contribution is 2.28. The summed E-state index contributed by atoms with van der Waals surface area (Å²) in [6.07, 6.45) is 2.01. The molecule has 0 aromatic heterocycles. The number of hydrogen-bond donors (Lipinski definition) is 2. The Hall–Kier alpha value is -3.03. The summed E-state index contributed by atoms with van der Waals surface area (Å²) < 4.78 is 10.5. The van der Waals surface area contributed by atoms with Gasteiger partial charge < -0.3 is 25.0 Å². The van der Waals surface area contributed by atoms with Crippen LogP contribution in [0, 0.1) is 0 Å². The number of nitrogens with zero attached hydrogens (tertiary/aromatic N) is 1. The molecule has 0 aliphatic carbocycles. The van der Waals surface area contributed by atoms with Crippen LogP contribution in [-0.4, -0.2) is 44.7 Å². The Balaban J connectivity index is 1.62. The first-order chi connectivity index (χ1) is 13.0. The zero-order valence-electron chi connectivity index (χ0n) is 15.5. The van der Waals surface area contributed by atoms with E-state index in [2.05, 4.69) is 10.6 Å². The van der Waals surface area contributed by atoms with Gasteiger partial charge in [-0.3, -0.25) is 14.4 Å². The number of carbonyl (C=O) groups excluding carboxylic acids is 1. The van der Waals surface area contributed by atoms with Crippen LogP contribution in [0.4, 0.5) is 11.4 Å². The van der Waals surface area contributed by atoms with Crippen LogP contribution in [0.2, 0.25) is 0 Å². The molecule has 2 aromatic carbocycles. The Bertz CT molecular complexity index is 895. The van der Waals surface area contributed by atoms with Crippen molar-refractivity contribution in [1.29, 1.82) is 0 Å². The van der Waals surface area contributed by atoms with Crippen molar-refractivity contribution in [2.24, 2.45) is 0 Å². The first-order valence-corrected chi connectivity index (χ1v) is 8.85. The summed E-state index contributed by atoms with van der Waals surface area (Å²) in [5.74, 6) is 1.13. The number of nitrogens with one attached hydrogen (secondary N) is 2. The predicted molar refractivity (Wildman–Crippen MR) is 103 cm³/mol. The Morgan fingerprint density at radius 1 is 1.00 bits per heavy atom. The van der Waals surface area contributed by atoms with Crippen LogP contribution in [0.15, 0.2) is 27.8 Å². The highest BCUT2D eigenvalue weighted by atomic mass is 16.5. The lowest BCUT2D eigenvalue weighted by molar-refractivity contribution is -0.128. The Labute approximate surface area is 156 Å². The van der Waals surface area contributed by atoms with Crippen molar-refractivity contribution in [3.8, 4) is 11.5 Å². The van der Waals surface area contributed by atoms with Gasteiger partial charge in [-0.1, -0.05) is 6.07 Å². The van der Waals surface area contributed by atoms with E-state index in [0.717, 1.165) is 31.5 Å². The minimum Gasteiger partial charge on any atom is -0.493 e. The van der Waals surface area contributed by atoms with Gasteiger partial charge in [-0.05, 0) is 30.5 Å². The van der Waals surface area contributed by atoms with Crippen molar-refractivity contribution in [3.05, 3.63) is 44.2 Å². The summed E-state index contributed by atoms with van der Waals surface area (Å²) >= 11 is 0. The molecular formula is C19H23N3O5. The molecule has 0 spiro atoms. The number of rotatable bonds is 8. The third-order valence-corrected chi connectivity index (χ3v) is 4.70. The van der Waals surface area contributed by atoms with E-state index in [-0.39, 0.29) is 23.8 Å². The second kappa shape index (κ2) is 8.11. The van der Waals surface area contributed by atoms with Gasteiger partial charge in [0.1, 0.15) is 11.4 Å². The minimum atomic E-state index is -0.598. The topological polar surface area (TPSA) is 97.0 Å². The third-order valence-electron chi connectivity index (χ3n) is 4.70. The van der Waals surface area contributed by atoms with E-state index >= 15 is 0 Å². The number of benzene rings is 1. The minimum absolute atomic E-state index is 0.00981. The van der Waals surface area contributed by atoms with E-state index in [0.29, 0.717) is 18.0 Å². The standard InChI is InChI=1S/C19H23N3O5/c1-26-13-6-5-12(9-14(13)27-2)10-20-16-17(19(25)18(16)24)21-11-15(23)22-7-3-4-8-22/h5-6,9,20-21H,3-4,7-8,10-11H2,1-2H3. The van der Waals surface area contributed by atoms with Gasteiger partial charge in [-0.15, -0.1) is 0 Å². The number of anilines is 2. The monoisotopic (exact) mass is 373 g/mol. The molecule has 3 rings (SSSR count). The molecule has 1 fully saturated rings. The molecule has 8 nitrogen and oxygen atoms in total. The molecule has 1 aliphatic heterocycles. The van der Waals surface area contributed by atoms with Gasteiger partial charge in [0, 0.05) is 19.6 Å². The van der Waals surface area contributed by atoms with Crippen molar-refractivity contribution in [2.75, 3.05) is 44.5 Å². The fourth-order valence-corrected chi connectivity index (χ4v) is 3.15. The number of carbonyl (C=O) groups is 1. The Morgan fingerprint density at radius 2 is 1.63 bits per heavy atom. The molecule has 27 heavy (non-hydrogen) atoms. The van der Waals surface area contributed by atoms with Crippen molar-refractivity contribution in [2.45, 2.75) is 19.4 Å². The SMILES string of the molecule is COc1ccc(CNc2c(NCC(=O)N3CCCC3)c(=O)c2=O)cc1OC. The Morgan fingerprint density at radius 3 is 2.26 bits per heavy atom. The van der Waals surface area contributed by atoms with Crippen LogP contribution in [0.3, 0.4) is 0 Å². The van der Waals surface area contributed by atoms with Crippen molar-refractivity contribution in [1.82, 2.24) is 4.90 Å². The molecule has 1 heterocycles. The molecule has 144 valence electrons. The summed E-state index contributed by atoms with van der Waals surface area (Å²) in [5.41, 5.74) is 0.0717. The average Bonchev–Trinajstić information content (AvgIpc) is 3.24. The fraction of sp³-hybridized carbons (Fsp3) is 0.421. The first-order valence-electron chi connectivity index (χ1n) is 8.85. The number of methoxy groups -OCH3 is 2. The van der Waals surface area contributed by atoms with Gasteiger partial charge >= 0.3 is 0 Å². The van der Waals surface area contributed by atoms with Crippen LogP contribution in [0.25, 0.3) is 0 Å². The molecule has 2 N–H and O–H groups in total. The molecule has 1 amide bonds. The Kier molecular flexibility index (Phi) is 5.63. The van der Waals surface area contributed by atoms with Gasteiger partial charge in [0.2, 0.25) is 5.91 Å². The first kappa shape index (κ1) is 18.8. The molecule has 0 bridgehead atoms. The van der Waals surface area contributed by atoms with E-state index in [1.807, 2.05) is 6.07 Å². The summed E-state index contributed by atoms with van der Waals surface area (Å²) in [6, 6.07) is 5.40. The fourth-order valence-electron chi connectivity index (χ4n) is 3.15. The summed E-state index contributed by atoms with van der Waals surface area (Å²) in [4.78, 5) is 37.6. The van der Waals surface area contributed by atoms with Gasteiger partial charge in [-0.25, -0.2) is 0 Å². The van der Waals surface area contributed by atoms with Crippen molar-refractivity contribution < 1.29 is 14.3 Å². The van der Waals surface area contributed by atoms with Crippen LogP contribution >= 0.6 is 0 Å². The smallest absolute Gasteiger partial charge is 0.253 e. The number of amides is 1. The lowest BCUT2D eigenvalue weighted by atomic mass is 10.1. The summed E-state index contributed by atoms with van der Waals surface area (Å²) in [7, 11) is 3.10. The van der Waals surface area contributed by atoms with Gasteiger partial charge in [-0.2, -0.15) is 0 Å². The summed E-state index contributed by atoms with van der Waals surface area (Å²) in [5, 5.41) is 5.79. The van der Waals surface area contributed by atoms with Crippen LogP contribution in [0.5, 0.6) is 11.5 Å². The average molecular weight is 373 g/mol. The van der Waals surface area contributed by atoms with Crippen LogP contribution < -0.4 is 31.0 Å². The second-order valence-electron chi connectivity index (χ2n) is 6.39. The quantitative estimate of drug-likeness (QED) is 0.665. The third kappa shape index (κ3) is 3.89. The molecule has 0 atom stereocenters. The van der Waals surface area contributed by atoms with Crippen molar-refractivity contribution in [3.63, 3.8) is 0 Å². The molecule has 1 saturated heterocycles. The maximum Gasteiger partial charge on any atom is 0.253 e. The van der Waals surface area contributed by atoms with E-state index in [1.54, 1.807) is 31.3 Å². The van der Waals surface area contributed by atoms with E-state index in [9.17, 15) is 14.4 Å². The molecule has 8 heteroatoms. The van der Waals surface area contributed by atoms with Crippen LogP contribution in [-0.2, 0) is 11.3 Å². The van der Waals surface area contributed by atoms with Gasteiger partial charge in [0.15, 0.2) is 11.5 Å². The summed E-state index contributed by atoms with van der Waals surface area (Å²) in [6.45, 7) is 1.84. The maximum atomic E-state index is 12.1. The van der Waals surface area contributed by atoms with Crippen LogP contribution in [0.1, 0.15) is 18.4 Å². The van der Waals surface area contributed by atoms with E-state index in [1.165, 1.54) is 0 Å². The van der Waals surface area contributed by atoms with Gasteiger partial charge in [0.25, 0.3) is 10.9 Å². The van der Waals surface area contributed by atoms with Gasteiger partial charge in [0.05, 0.1) is 20.8 Å². The lowest BCUT2D eigenvalue weighted by Crippen LogP contribution is -2.40. The predicted octanol–water partition coefficient (Wildman–Crippen LogP) is 0.946. The largest absolute Gasteiger partial charge is 0.493 e. The van der Waals surface area contributed by atoms with E-state index in [4.69, 9.17) is 9.47 Å². The number of ether oxygens (including phenoxy) is 2. The molecule has 2 aromatic rings. The molecule has 0 saturated carbocycles. The zero-order chi connectivity index (χ0) is 19.4. The molecule has 0 radical (unpaired) electrons.